The summed E-state index contributed by atoms with van der Waals surface area (Å²) in [5.41, 5.74) is 2.12. The van der Waals surface area contributed by atoms with Gasteiger partial charge in [0, 0.05) is 5.69 Å². The van der Waals surface area contributed by atoms with E-state index in [1.165, 1.54) is 16.7 Å². The number of carbonyl (C=O) groups is 2. The number of anilines is 2. The van der Waals surface area contributed by atoms with E-state index < -0.39 is 5.91 Å². The summed E-state index contributed by atoms with van der Waals surface area (Å²) in [4.78, 5) is 26.4. The predicted molar refractivity (Wildman–Crippen MR) is 98.8 cm³/mol. The van der Waals surface area contributed by atoms with Gasteiger partial charge in [0.15, 0.2) is 0 Å². The van der Waals surface area contributed by atoms with E-state index in [0.717, 1.165) is 5.56 Å². The third kappa shape index (κ3) is 3.42. The van der Waals surface area contributed by atoms with Crippen LogP contribution in [0.5, 0.6) is 0 Å². The molecule has 1 heterocycles. The van der Waals surface area contributed by atoms with E-state index in [1.54, 1.807) is 24.3 Å². The Labute approximate surface area is 149 Å². The van der Waals surface area contributed by atoms with Crippen molar-refractivity contribution in [2.24, 2.45) is 0 Å². The number of amides is 2. The molecule has 2 aromatic carbocycles. The van der Waals surface area contributed by atoms with Gasteiger partial charge in [0.2, 0.25) is 5.91 Å². The lowest BCUT2D eigenvalue weighted by atomic mass is 10.1. The number of nitriles is 1. The van der Waals surface area contributed by atoms with E-state index in [2.05, 4.69) is 5.32 Å². The quantitative estimate of drug-likeness (QED) is 0.680. The van der Waals surface area contributed by atoms with Crippen LogP contribution in [0.2, 0.25) is 0 Å². The third-order valence-corrected chi connectivity index (χ3v) is 4.78. The lowest BCUT2D eigenvalue weighted by Crippen LogP contribution is -2.27. The molecule has 0 atom stereocenters. The van der Waals surface area contributed by atoms with Gasteiger partial charge in [-0.25, -0.2) is 0 Å². The molecule has 1 aliphatic heterocycles. The minimum absolute atomic E-state index is 0.0667. The summed E-state index contributed by atoms with van der Waals surface area (Å²) in [6, 6.07) is 18.3. The van der Waals surface area contributed by atoms with E-state index in [9.17, 15) is 14.9 Å². The van der Waals surface area contributed by atoms with Gasteiger partial charge in [0.25, 0.3) is 5.91 Å². The average molecular weight is 349 g/mol. The maximum atomic E-state index is 12.6. The first kappa shape index (κ1) is 16.8. The number of nitrogens with zero attached hydrogens (tertiary/aromatic N) is 2. The Morgan fingerprint density at radius 2 is 1.84 bits per heavy atom. The van der Waals surface area contributed by atoms with Gasteiger partial charge >= 0.3 is 0 Å². The molecule has 0 bridgehead atoms. The summed E-state index contributed by atoms with van der Waals surface area (Å²) < 4.78 is 0. The topological polar surface area (TPSA) is 73.2 Å². The number of aryl methyl sites for hydroxylation is 1. The molecular formula is C19H15N3O2S. The molecule has 1 N–H and O–H groups in total. The lowest BCUT2D eigenvalue weighted by Gasteiger charge is -2.20. The molecule has 3 rings (SSSR count). The van der Waals surface area contributed by atoms with Crippen molar-refractivity contribution < 1.29 is 9.59 Å². The van der Waals surface area contributed by atoms with E-state index in [0.29, 0.717) is 16.4 Å². The van der Waals surface area contributed by atoms with Crippen molar-refractivity contribution in [3.05, 3.63) is 70.8 Å². The van der Waals surface area contributed by atoms with Crippen molar-refractivity contribution in [2.75, 3.05) is 16.0 Å². The molecular weight excluding hydrogens is 334 g/mol. The van der Waals surface area contributed by atoms with Crippen molar-refractivity contribution >= 4 is 35.0 Å². The Morgan fingerprint density at radius 1 is 1.16 bits per heavy atom. The zero-order chi connectivity index (χ0) is 17.8. The standard InChI is InChI=1S/C19H15N3O2S/c1-13-7-5-6-10-16(13)22-17(23)12-25-19(22)15(11-20)18(24)21-14-8-3-2-4-9-14/h2-10H,12H2,1H3,(H,21,24)/b19-15-. The number of benzene rings is 2. The minimum Gasteiger partial charge on any atom is -0.321 e. The van der Waals surface area contributed by atoms with Gasteiger partial charge in [-0.3, -0.25) is 14.5 Å². The molecule has 0 aliphatic carbocycles. The Hall–Kier alpha value is -3.04. The Kier molecular flexibility index (Phi) is 4.87. The monoisotopic (exact) mass is 349 g/mol. The van der Waals surface area contributed by atoms with Crippen LogP contribution in [-0.2, 0) is 9.59 Å². The second kappa shape index (κ2) is 7.24. The zero-order valence-electron chi connectivity index (χ0n) is 13.5. The van der Waals surface area contributed by atoms with Gasteiger partial charge in [0.05, 0.1) is 11.4 Å². The van der Waals surface area contributed by atoms with Crippen molar-refractivity contribution in [3.8, 4) is 6.07 Å². The van der Waals surface area contributed by atoms with Gasteiger partial charge in [-0.2, -0.15) is 5.26 Å². The van der Waals surface area contributed by atoms with Crippen LogP contribution in [0, 0.1) is 18.3 Å². The van der Waals surface area contributed by atoms with Crippen molar-refractivity contribution in [1.82, 2.24) is 0 Å². The highest BCUT2D eigenvalue weighted by molar-refractivity contribution is 8.04. The fourth-order valence-electron chi connectivity index (χ4n) is 2.53. The van der Waals surface area contributed by atoms with Gasteiger partial charge < -0.3 is 5.32 Å². The molecule has 6 heteroatoms. The molecule has 1 fully saturated rings. The second-order valence-electron chi connectivity index (χ2n) is 5.42. The van der Waals surface area contributed by atoms with Gasteiger partial charge in [-0.15, -0.1) is 0 Å². The predicted octanol–water partition coefficient (Wildman–Crippen LogP) is 3.45. The molecule has 0 spiro atoms. The van der Waals surface area contributed by atoms with Gasteiger partial charge in [-0.05, 0) is 30.7 Å². The van der Waals surface area contributed by atoms with Crippen molar-refractivity contribution in [2.45, 2.75) is 6.92 Å². The number of para-hydroxylation sites is 2. The van der Waals surface area contributed by atoms with E-state index in [-0.39, 0.29) is 17.2 Å². The molecule has 2 aromatic rings. The number of hydrogen-bond acceptors (Lipinski definition) is 4. The van der Waals surface area contributed by atoms with Crippen LogP contribution in [0.15, 0.2) is 65.2 Å². The maximum Gasteiger partial charge on any atom is 0.269 e. The minimum atomic E-state index is -0.524. The molecule has 0 unspecified atom stereocenters. The average Bonchev–Trinajstić information content (AvgIpc) is 2.98. The summed E-state index contributed by atoms with van der Waals surface area (Å²) in [5, 5.41) is 12.6. The molecule has 0 aromatic heterocycles. The van der Waals surface area contributed by atoms with Crippen molar-refractivity contribution in [1.29, 1.82) is 5.26 Å². The van der Waals surface area contributed by atoms with Gasteiger partial charge in [0.1, 0.15) is 16.7 Å². The second-order valence-corrected chi connectivity index (χ2v) is 6.38. The van der Waals surface area contributed by atoms with Crippen molar-refractivity contribution in [3.63, 3.8) is 0 Å². The molecule has 0 radical (unpaired) electrons. The zero-order valence-corrected chi connectivity index (χ0v) is 14.3. The highest BCUT2D eigenvalue weighted by Gasteiger charge is 2.33. The van der Waals surface area contributed by atoms with Crippen LogP contribution in [0.3, 0.4) is 0 Å². The molecule has 1 saturated heterocycles. The van der Waals surface area contributed by atoms with Gasteiger partial charge in [-0.1, -0.05) is 48.2 Å². The first-order valence-corrected chi connectivity index (χ1v) is 8.62. The summed E-state index contributed by atoms with van der Waals surface area (Å²) in [5.74, 6) is -0.466. The summed E-state index contributed by atoms with van der Waals surface area (Å²) in [6.45, 7) is 1.89. The van der Waals surface area contributed by atoms with Crippen LogP contribution < -0.4 is 10.2 Å². The Balaban J connectivity index is 2.00. The molecule has 0 saturated carbocycles. The largest absolute Gasteiger partial charge is 0.321 e. The Bertz CT molecular complexity index is 900. The highest BCUT2D eigenvalue weighted by atomic mass is 32.2. The first-order valence-electron chi connectivity index (χ1n) is 7.64. The van der Waals surface area contributed by atoms with Crippen LogP contribution in [0.25, 0.3) is 0 Å². The highest BCUT2D eigenvalue weighted by Crippen LogP contribution is 2.37. The fraction of sp³-hybridized carbons (Fsp3) is 0.105. The number of thioether (sulfide) groups is 1. The third-order valence-electron chi connectivity index (χ3n) is 3.73. The summed E-state index contributed by atoms with van der Waals surface area (Å²) in [6.07, 6.45) is 0. The fourth-order valence-corrected chi connectivity index (χ4v) is 3.53. The van der Waals surface area contributed by atoms with E-state index >= 15 is 0 Å². The maximum absolute atomic E-state index is 12.6. The molecule has 2 amide bonds. The van der Waals surface area contributed by atoms with Crippen LogP contribution in [0.4, 0.5) is 11.4 Å². The van der Waals surface area contributed by atoms with E-state index in [4.69, 9.17) is 0 Å². The molecule has 124 valence electrons. The molecule has 25 heavy (non-hydrogen) atoms. The van der Waals surface area contributed by atoms with Crippen LogP contribution >= 0.6 is 11.8 Å². The lowest BCUT2D eigenvalue weighted by molar-refractivity contribution is -0.115. The van der Waals surface area contributed by atoms with E-state index in [1.807, 2.05) is 43.3 Å². The molecule has 5 nitrogen and oxygen atoms in total. The summed E-state index contributed by atoms with van der Waals surface area (Å²) in [7, 11) is 0. The van der Waals surface area contributed by atoms with Crippen LogP contribution in [0.1, 0.15) is 5.56 Å². The smallest absolute Gasteiger partial charge is 0.269 e. The normalized spacial score (nSPS) is 15.7. The number of hydrogen-bond donors (Lipinski definition) is 1. The number of nitrogens with one attached hydrogen (secondary N) is 1. The number of rotatable bonds is 3. The summed E-state index contributed by atoms with van der Waals surface area (Å²) >= 11 is 1.21. The van der Waals surface area contributed by atoms with Crippen LogP contribution in [-0.4, -0.2) is 17.6 Å². The Morgan fingerprint density at radius 3 is 2.52 bits per heavy atom. The SMILES string of the molecule is Cc1ccccc1N1C(=O)CS/C1=C(/C#N)C(=O)Nc1ccccc1. The first-order chi connectivity index (χ1) is 12.1. The molecule has 1 aliphatic rings. The number of carbonyl (C=O) groups excluding carboxylic acids is 2.